The van der Waals surface area contributed by atoms with Crippen LogP contribution < -0.4 is 5.32 Å². The number of hydrogen-bond donors (Lipinski definition) is 1. The zero-order valence-electron chi connectivity index (χ0n) is 16.7. The molecule has 3 aromatic rings. The molecule has 0 fully saturated rings. The van der Waals surface area contributed by atoms with Gasteiger partial charge in [0.2, 0.25) is 5.91 Å². The molecule has 1 heterocycles. The molecule has 150 valence electrons. The van der Waals surface area contributed by atoms with Crippen LogP contribution in [0.5, 0.6) is 0 Å². The number of fused-ring (bicyclic) bond motifs is 1. The molecule has 3 amide bonds. The first-order chi connectivity index (χ1) is 14.5. The van der Waals surface area contributed by atoms with E-state index in [9.17, 15) is 14.4 Å². The number of nitrogens with one attached hydrogen (secondary N) is 1. The van der Waals surface area contributed by atoms with Crippen LogP contribution in [0.15, 0.2) is 78.9 Å². The number of rotatable bonds is 6. The second-order valence-corrected chi connectivity index (χ2v) is 7.38. The molecule has 5 heteroatoms. The second-order valence-electron chi connectivity index (χ2n) is 7.38. The van der Waals surface area contributed by atoms with Crippen molar-refractivity contribution >= 4 is 17.7 Å². The lowest BCUT2D eigenvalue weighted by Gasteiger charge is -2.21. The Balaban J connectivity index is 1.47. The summed E-state index contributed by atoms with van der Waals surface area (Å²) < 4.78 is 0. The molecular formula is C25H22N2O3. The van der Waals surface area contributed by atoms with Crippen molar-refractivity contribution in [3.8, 4) is 0 Å². The van der Waals surface area contributed by atoms with Crippen LogP contribution in [0.1, 0.15) is 49.9 Å². The van der Waals surface area contributed by atoms with Crippen molar-refractivity contribution in [1.82, 2.24) is 10.2 Å². The minimum absolute atomic E-state index is 0.0423. The molecule has 3 aromatic carbocycles. The van der Waals surface area contributed by atoms with Crippen molar-refractivity contribution in [2.75, 3.05) is 6.54 Å². The van der Waals surface area contributed by atoms with Gasteiger partial charge in [-0.2, -0.15) is 0 Å². The maximum Gasteiger partial charge on any atom is 0.261 e. The molecule has 0 saturated carbocycles. The third-order valence-electron chi connectivity index (χ3n) is 5.29. The van der Waals surface area contributed by atoms with Crippen molar-refractivity contribution in [3.63, 3.8) is 0 Å². The summed E-state index contributed by atoms with van der Waals surface area (Å²) in [5.41, 5.74) is 3.87. The second kappa shape index (κ2) is 8.33. The van der Waals surface area contributed by atoms with Crippen LogP contribution in [-0.4, -0.2) is 29.2 Å². The Morgan fingerprint density at radius 3 is 1.93 bits per heavy atom. The van der Waals surface area contributed by atoms with Gasteiger partial charge in [-0.05, 0) is 30.2 Å². The highest BCUT2D eigenvalue weighted by molar-refractivity contribution is 6.21. The number of aryl methyl sites for hydroxylation is 1. The fraction of sp³-hybridized carbons (Fsp3) is 0.160. The molecule has 0 bridgehead atoms. The lowest BCUT2D eigenvalue weighted by Crippen LogP contribution is -2.36. The lowest BCUT2D eigenvalue weighted by atomic mass is 9.97. The van der Waals surface area contributed by atoms with Crippen molar-refractivity contribution in [2.45, 2.75) is 19.4 Å². The molecule has 0 saturated heterocycles. The van der Waals surface area contributed by atoms with Crippen LogP contribution in [0.2, 0.25) is 0 Å². The molecule has 0 radical (unpaired) electrons. The van der Waals surface area contributed by atoms with Crippen molar-refractivity contribution in [3.05, 3.63) is 107 Å². The van der Waals surface area contributed by atoms with Crippen LogP contribution in [0, 0.1) is 6.92 Å². The number of amides is 3. The van der Waals surface area contributed by atoms with Gasteiger partial charge in [0.25, 0.3) is 11.8 Å². The Bertz CT molecular complexity index is 1060. The van der Waals surface area contributed by atoms with E-state index in [-0.39, 0.29) is 36.7 Å². The van der Waals surface area contributed by atoms with Gasteiger partial charge in [0.05, 0.1) is 17.2 Å². The standard InChI is InChI=1S/C25H22N2O3/c1-17-11-13-19(14-12-17)23(18-7-3-2-4-8-18)26-22(28)15-16-27-24(29)20-9-5-6-10-21(20)25(27)30/h2-14,23H,15-16H2,1H3,(H,26,28). The molecule has 30 heavy (non-hydrogen) atoms. The van der Waals surface area contributed by atoms with E-state index in [1.807, 2.05) is 61.5 Å². The minimum atomic E-state index is -0.346. The van der Waals surface area contributed by atoms with E-state index < -0.39 is 0 Å². The van der Waals surface area contributed by atoms with E-state index in [0.717, 1.165) is 21.6 Å². The molecule has 1 unspecified atom stereocenters. The fourth-order valence-corrected chi connectivity index (χ4v) is 3.65. The van der Waals surface area contributed by atoms with Crippen LogP contribution in [0.3, 0.4) is 0 Å². The normalized spacial score (nSPS) is 13.8. The monoisotopic (exact) mass is 398 g/mol. The van der Waals surface area contributed by atoms with Crippen molar-refractivity contribution in [1.29, 1.82) is 0 Å². The first kappa shape index (κ1) is 19.6. The fourth-order valence-electron chi connectivity index (χ4n) is 3.65. The summed E-state index contributed by atoms with van der Waals surface area (Å²) in [6.45, 7) is 2.07. The number of imide groups is 1. The van der Waals surface area contributed by atoms with Crippen molar-refractivity contribution < 1.29 is 14.4 Å². The lowest BCUT2D eigenvalue weighted by molar-refractivity contribution is -0.121. The van der Waals surface area contributed by atoms with E-state index in [2.05, 4.69) is 5.32 Å². The topological polar surface area (TPSA) is 66.5 Å². The zero-order valence-corrected chi connectivity index (χ0v) is 16.7. The molecule has 0 spiro atoms. The number of carbonyl (C=O) groups is 3. The molecule has 5 nitrogen and oxygen atoms in total. The van der Waals surface area contributed by atoms with Gasteiger partial charge < -0.3 is 5.32 Å². The summed E-state index contributed by atoms with van der Waals surface area (Å²) in [4.78, 5) is 38.9. The summed E-state index contributed by atoms with van der Waals surface area (Å²) in [6, 6.07) is 24.2. The van der Waals surface area contributed by atoms with Gasteiger partial charge in [-0.1, -0.05) is 72.3 Å². The highest BCUT2D eigenvalue weighted by atomic mass is 16.2. The van der Waals surface area contributed by atoms with Gasteiger partial charge in [0.15, 0.2) is 0 Å². The molecule has 0 aliphatic carbocycles. The van der Waals surface area contributed by atoms with E-state index in [1.165, 1.54) is 0 Å². The number of hydrogen-bond acceptors (Lipinski definition) is 3. The number of carbonyl (C=O) groups excluding carboxylic acids is 3. The summed E-state index contributed by atoms with van der Waals surface area (Å²) >= 11 is 0. The molecule has 1 aliphatic heterocycles. The van der Waals surface area contributed by atoms with E-state index in [4.69, 9.17) is 0 Å². The predicted octanol–water partition coefficient (Wildman–Crippen LogP) is 3.89. The number of nitrogens with zero attached hydrogens (tertiary/aromatic N) is 1. The first-order valence-corrected chi connectivity index (χ1v) is 9.90. The first-order valence-electron chi connectivity index (χ1n) is 9.90. The summed E-state index contributed by atoms with van der Waals surface area (Å²) in [7, 11) is 0. The smallest absolute Gasteiger partial charge is 0.261 e. The maximum atomic E-state index is 12.7. The maximum absolute atomic E-state index is 12.7. The van der Waals surface area contributed by atoms with Gasteiger partial charge in [-0.25, -0.2) is 0 Å². The molecular weight excluding hydrogens is 376 g/mol. The van der Waals surface area contributed by atoms with E-state index in [1.54, 1.807) is 24.3 Å². The van der Waals surface area contributed by atoms with E-state index >= 15 is 0 Å². The number of benzene rings is 3. The van der Waals surface area contributed by atoms with Gasteiger partial charge in [-0.3, -0.25) is 19.3 Å². The summed E-state index contributed by atoms with van der Waals surface area (Å²) in [6.07, 6.45) is 0.0423. The predicted molar refractivity (Wildman–Crippen MR) is 114 cm³/mol. The highest BCUT2D eigenvalue weighted by Crippen LogP contribution is 2.24. The van der Waals surface area contributed by atoms with Crippen LogP contribution >= 0.6 is 0 Å². The molecule has 1 N–H and O–H groups in total. The van der Waals surface area contributed by atoms with Gasteiger partial charge in [-0.15, -0.1) is 0 Å². The highest BCUT2D eigenvalue weighted by Gasteiger charge is 2.35. The quantitative estimate of drug-likeness (QED) is 0.641. The van der Waals surface area contributed by atoms with Gasteiger partial charge in [0.1, 0.15) is 0 Å². The SMILES string of the molecule is Cc1ccc(C(NC(=O)CCN2C(=O)c3ccccc3C2=O)c2ccccc2)cc1. The van der Waals surface area contributed by atoms with Gasteiger partial charge in [0, 0.05) is 13.0 Å². The minimum Gasteiger partial charge on any atom is -0.345 e. The Hall–Kier alpha value is -3.73. The zero-order chi connectivity index (χ0) is 21.1. The molecule has 1 aliphatic rings. The Morgan fingerprint density at radius 2 is 1.33 bits per heavy atom. The van der Waals surface area contributed by atoms with Crippen LogP contribution in [0.4, 0.5) is 0 Å². The third kappa shape index (κ3) is 3.87. The third-order valence-corrected chi connectivity index (χ3v) is 5.29. The van der Waals surface area contributed by atoms with Crippen LogP contribution in [0.25, 0.3) is 0 Å². The Morgan fingerprint density at radius 1 is 0.800 bits per heavy atom. The summed E-state index contributed by atoms with van der Waals surface area (Å²) in [5.74, 6) is -0.913. The van der Waals surface area contributed by atoms with E-state index in [0.29, 0.717) is 11.1 Å². The Labute approximate surface area is 175 Å². The largest absolute Gasteiger partial charge is 0.345 e. The molecule has 0 aromatic heterocycles. The van der Waals surface area contributed by atoms with Crippen LogP contribution in [-0.2, 0) is 4.79 Å². The summed E-state index contributed by atoms with van der Waals surface area (Å²) in [5, 5.41) is 3.06. The van der Waals surface area contributed by atoms with Crippen molar-refractivity contribution in [2.24, 2.45) is 0 Å². The molecule has 1 atom stereocenters. The van der Waals surface area contributed by atoms with Gasteiger partial charge >= 0.3 is 0 Å². The average Bonchev–Trinajstić information content (AvgIpc) is 3.02. The average molecular weight is 398 g/mol. The Kier molecular flexibility index (Phi) is 5.44. The molecule has 4 rings (SSSR count).